The number of aliphatic hydroxyl groups excluding tert-OH is 4. The molecule has 0 saturated carbocycles. The second-order valence-corrected chi connectivity index (χ2v) is 21.7. The van der Waals surface area contributed by atoms with Crippen LogP contribution in [0, 0.1) is 17.8 Å². The number of aliphatic hydroxyl groups is 5. The van der Waals surface area contributed by atoms with Gasteiger partial charge in [-0.05, 0) is 120 Å². The number of hydrogen-bond donors (Lipinski definition) is 5. The summed E-state index contributed by atoms with van der Waals surface area (Å²) >= 11 is 0. The predicted octanol–water partition coefficient (Wildman–Crippen LogP) is 7.11. The van der Waals surface area contributed by atoms with E-state index in [9.17, 15) is 25.2 Å². The van der Waals surface area contributed by atoms with Gasteiger partial charge in [-0.15, -0.1) is 0 Å². The summed E-state index contributed by atoms with van der Waals surface area (Å²) in [4.78, 5) is 13.1. The van der Waals surface area contributed by atoms with Gasteiger partial charge in [0, 0.05) is 38.0 Å². The van der Waals surface area contributed by atoms with Crippen LogP contribution in [0.2, 0.25) is 0 Å². The third-order valence-corrected chi connectivity index (χ3v) is 15.6. The van der Waals surface area contributed by atoms with E-state index >= 15 is 0 Å². The first-order valence-electron chi connectivity index (χ1n) is 25.5. The molecule has 0 aromatic heterocycles. The monoisotopic (exact) mass is 955 g/mol. The van der Waals surface area contributed by atoms with E-state index in [0.29, 0.717) is 68.4 Å². The summed E-state index contributed by atoms with van der Waals surface area (Å²) in [5, 5.41) is 55.0. The molecule has 0 amide bonds. The number of allylic oxidation sites excluding steroid dienone is 3. The minimum Gasteiger partial charge on any atom is -0.459 e. The fourth-order valence-electron chi connectivity index (χ4n) is 11.5. The van der Waals surface area contributed by atoms with Crippen molar-refractivity contribution in [1.29, 1.82) is 0 Å². The topological polar surface area (TPSA) is 192 Å². The number of ether oxygens (including phenoxy) is 8. The van der Waals surface area contributed by atoms with Crippen LogP contribution in [-0.2, 0) is 42.7 Å². The zero-order valence-electron chi connectivity index (χ0n) is 41.5. The molecule has 0 aliphatic carbocycles. The van der Waals surface area contributed by atoms with Crippen molar-refractivity contribution in [3.05, 3.63) is 71.9 Å². The van der Waals surface area contributed by atoms with Crippen molar-refractivity contribution in [3.8, 4) is 0 Å². The molecule has 14 heteroatoms. The fourth-order valence-corrected chi connectivity index (χ4v) is 11.5. The molecule has 7 rings (SSSR count). The van der Waals surface area contributed by atoms with Crippen molar-refractivity contribution in [1.82, 2.24) is 0 Å². The molecule has 382 valence electrons. The van der Waals surface area contributed by atoms with Crippen molar-refractivity contribution >= 4 is 5.97 Å². The first-order chi connectivity index (χ1) is 32.3. The highest BCUT2D eigenvalue weighted by Gasteiger charge is 2.55. The third-order valence-electron chi connectivity index (χ3n) is 15.6. The average Bonchev–Trinajstić information content (AvgIpc) is 3.70. The van der Waals surface area contributed by atoms with Crippen LogP contribution in [0.3, 0.4) is 0 Å². The van der Waals surface area contributed by atoms with E-state index in [2.05, 4.69) is 40.0 Å². The maximum absolute atomic E-state index is 13.1. The molecule has 7 aliphatic heterocycles. The molecular weight excluding hydrogens is 873 g/mol. The normalized spacial score (nSPS) is 40.3. The van der Waals surface area contributed by atoms with Gasteiger partial charge in [-0.3, -0.25) is 0 Å². The highest BCUT2D eigenvalue weighted by molar-refractivity contribution is 5.78. The standard InChI is InChI=1S/C54H82O14/c1-33(31-55)13-9-10-14-34(2)32-61-50(59)51(8,60)30-41-17-18-45(57)54(65-41)29-35(3)27-44(66-54)36(4)15-16-40-20-24-53(64-40)25-21-43-49(68-53)46(58)39(7)48(63-43)42(56)28-38(6)47-37(5)19-23-52(67-47)22-11-12-26-62-52/h9-10,14-16,29,36-38,40-49,55-58,60H,1,7,11-13,17-28,30-32H2,2-6,8H3. The Morgan fingerprint density at radius 2 is 1.78 bits per heavy atom. The van der Waals surface area contributed by atoms with Crippen LogP contribution in [0.4, 0.5) is 0 Å². The number of hydrogen-bond acceptors (Lipinski definition) is 14. The highest BCUT2D eigenvalue weighted by atomic mass is 16.7. The molecule has 0 radical (unpaired) electrons. The van der Waals surface area contributed by atoms with Crippen molar-refractivity contribution < 1.29 is 68.2 Å². The van der Waals surface area contributed by atoms with Crippen molar-refractivity contribution in [2.75, 3.05) is 19.8 Å². The molecular formula is C54H82O14. The molecule has 6 saturated heterocycles. The molecule has 0 aromatic carbocycles. The van der Waals surface area contributed by atoms with E-state index in [1.807, 2.05) is 32.1 Å². The van der Waals surface area contributed by atoms with Crippen LogP contribution >= 0.6 is 0 Å². The third kappa shape index (κ3) is 12.5. The maximum atomic E-state index is 13.1. The number of carbonyl (C=O) groups excluding carboxylic acids is 1. The van der Waals surface area contributed by atoms with Crippen LogP contribution in [0.5, 0.6) is 0 Å². The van der Waals surface area contributed by atoms with Gasteiger partial charge in [0.15, 0.2) is 17.2 Å². The number of rotatable bonds is 16. The molecule has 17 unspecified atom stereocenters. The van der Waals surface area contributed by atoms with Gasteiger partial charge in [0.1, 0.15) is 31.0 Å². The number of carbonyl (C=O) groups is 1. The van der Waals surface area contributed by atoms with Crippen LogP contribution in [0.15, 0.2) is 71.9 Å². The van der Waals surface area contributed by atoms with E-state index < -0.39 is 71.7 Å². The maximum Gasteiger partial charge on any atom is 0.338 e. The first-order valence-corrected chi connectivity index (χ1v) is 25.5. The molecule has 6 fully saturated rings. The summed E-state index contributed by atoms with van der Waals surface area (Å²) < 4.78 is 51.2. The fraction of sp³-hybridized carbons (Fsp3) is 0.759. The van der Waals surface area contributed by atoms with Gasteiger partial charge in [-0.25, -0.2) is 4.79 Å². The number of esters is 1. The van der Waals surface area contributed by atoms with Gasteiger partial charge in [0.25, 0.3) is 0 Å². The SMILES string of the molecule is C=C(CO)CC=CC=C(C)COC(=O)C(C)(O)CC1CCC(O)C2(C=C(C)CC(C(C)C=CC3CCC4(CCC5OC(C(O)CC(C)C6OC7(CCCCO7)CCC6C)C(=C)C(O)C5O4)O3)O2)O1. The van der Waals surface area contributed by atoms with Crippen LogP contribution in [0.25, 0.3) is 0 Å². The predicted molar refractivity (Wildman–Crippen MR) is 255 cm³/mol. The number of fused-ring (bicyclic) bond motifs is 1. The molecule has 3 spiro atoms. The Bertz CT molecular complexity index is 1880. The Morgan fingerprint density at radius 3 is 2.53 bits per heavy atom. The summed E-state index contributed by atoms with van der Waals surface area (Å²) in [6, 6.07) is 0. The molecule has 7 aliphatic rings. The Hall–Kier alpha value is -2.57. The van der Waals surface area contributed by atoms with E-state index in [0.717, 1.165) is 56.3 Å². The lowest BCUT2D eigenvalue weighted by Gasteiger charge is -2.50. The summed E-state index contributed by atoms with van der Waals surface area (Å²) in [6.45, 7) is 20.2. The largest absolute Gasteiger partial charge is 0.459 e. The van der Waals surface area contributed by atoms with Gasteiger partial charge < -0.3 is 63.4 Å². The molecule has 0 bridgehead atoms. The smallest absolute Gasteiger partial charge is 0.338 e. The Morgan fingerprint density at radius 1 is 1.01 bits per heavy atom. The minimum absolute atomic E-state index is 0.00194. The van der Waals surface area contributed by atoms with E-state index in [-0.39, 0.29) is 49.8 Å². The van der Waals surface area contributed by atoms with Gasteiger partial charge in [0.05, 0.1) is 49.8 Å². The zero-order chi connectivity index (χ0) is 49.0. The summed E-state index contributed by atoms with van der Waals surface area (Å²) in [5.74, 6) is -3.32. The van der Waals surface area contributed by atoms with E-state index in [4.69, 9.17) is 43.0 Å². The molecule has 68 heavy (non-hydrogen) atoms. The highest BCUT2D eigenvalue weighted by Crippen LogP contribution is 2.47. The zero-order valence-corrected chi connectivity index (χ0v) is 41.5. The summed E-state index contributed by atoms with van der Waals surface area (Å²) in [7, 11) is 0. The Kier molecular flexibility index (Phi) is 17.6. The minimum atomic E-state index is -1.84. The molecule has 17 atom stereocenters. The first kappa shape index (κ1) is 53.2. The Labute approximate surface area is 404 Å². The Balaban J connectivity index is 0.890. The lowest BCUT2D eigenvalue weighted by atomic mass is 9.79. The van der Waals surface area contributed by atoms with Crippen molar-refractivity contribution in [2.45, 2.75) is 222 Å². The molecule has 0 aromatic rings. The lowest BCUT2D eigenvalue weighted by molar-refractivity contribution is -0.321. The van der Waals surface area contributed by atoms with Gasteiger partial charge in [-0.1, -0.05) is 69.9 Å². The quantitative estimate of drug-likeness (QED) is 0.0597. The van der Waals surface area contributed by atoms with Gasteiger partial charge in [0.2, 0.25) is 5.79 Å². The summed E-state index contributed by atoms with van der Waals surface area (Å²) in [5.41, 5.74) is 1.04. The molecule has 14 nitrogen and oxygen atoms in total. The van der Waals surface area contributed by atoms with Crippen molar-refractivity contribution in [3.63, 3.8) is 0 Å². The van der Waals surface area contributed by atoms with Crippen LogP contribution in [0.1, 0.15) is 138 Å². The van der Waals surface area contributed by atoms with Gasteiger partial charge in [-0.2, -0.15) is 0 Å². The molecule has 7 heterocycles. The van der Waals surface area contributed by atoms with Crippen LogP contribution < -0.4 is 0 Å². The van der Waals surface area contributed by atoms with E-state index in [1.54, 1.807) is 12.2 Å². The lowest BCUT2D eigenvalue weighted by Crippen LogP contribution is -2.60. The second kappa shape index (κ2) is 22.5. The van der Waals surface area contributed by atoms with Crippen LogP contribution in [-0.4, -0.2) is 135 Å². The molecule has 5 N–H and O–H groups in total. The van der Waals surface area contributed by atoms with Crippen molar-refractivity contribution in [2.24, 2.45) is 17.8 Å². The average molecular weight is 955 g/mol. The second-order valence-electron chi connectivity index (χ2n) is 21.7. The summed E-state index contributed by atoms with van der Waals surface area (Å²) in [6.07, 6.45) is 15.4. The van der Waals surface area contributed by atoms with Gasteiger partial charge >= 0.3 is 5.97 Å². The van der Waals surface area contributed by atoms with E-state index in [1.165, 1.54) is 6.92 Å².